The van der Waals surface area contributed by atoms with Crippen LogP contribution in [0.25, 0.3) is 0 Å². The Bertz CT molecular complexity index is 411. The van der Waals surface area contributed by atoms with Crippen LogP contribution in [0.1, 0.15) is 18.4 Å². The minimum atomic E-state index is -0.810. The molecule has 0 saturated carbocycles. The summed E-state index contributed by atoms with van der Waals surface area (Å²) < 4.78 is 0. The largest absolute Gasteiger partial charge is 0.394 e. The maximum absolute atomic E-state index is 12.1. The Morgan fingerprint density at radius 3 is 2.53 bits per heavy atom. The summed E-state index contributed by atoms with van der Waals surface area (Å²) in [5, 5.41) is 18.1. The van der Waals surface area contributed by atoms with Gasteiger partial charge in [-0.25, -0.2) is 0 Å². The molecule has 0 aliphatic carbocycles. The Morgan fingerprint density at radius 1 is 1.47 bits per heavy atom. The SMILES string of the molecule is CC(CO)N(C)C(=O)C(C#N)c1ccccc1. The van der Waals surface area contributed by atoms with Gasteiger partial charge in [-0.2, -0.15) is 5.26 Å². The first-order valence-electron chi connectivity index (χ1n) is 5.44. The van der Waals surface area contributed by atoms with Gasteiger partial charge >= 0.3 is 0 Å². The first-order valence-corrected chi connectivity index (χ1v) is 5.44. The Hall–Kier alpha value is -1.86. The predicted molar refractivity (Wildman–Crippen MR) is 64.1 cm³/mol. The van der Waals surface area contributed by atoms with Gasteiger partial charge in [-0.15, -0.1) is 0 Å². The van der Waals surface area contributed by atoms with E-state index in [1.54, 1.807) is 38.2 Å². The summed E-state index contributed by atoms with van der Waals surface area (Å²) in [6, 6.07) is 10.6. The molecule has 2 unspecified atom stereocenters. The van der Waals surface area contributed by atoms with Crippen molar-refractivity contribution in [3.05, 3.63) is 35.9 Å². The van der Waals surface area contributed by atoms with Crippen molar-refractivity contribution < 1.29 is 9.90 Å². The fourth-order valence-electron chi connectivity index (χ4n) is 1.46. The van der Waals surface area contributed by atoms with Crippen LogP contribution in [0.3, 0.4) is 0 Å². The number of benzene rings is 1. The number of amides is 1. The van der Waals surface area contributed by atoms with Gasteiger partial charge in [0.05, 0.1) is 18.7 Å². The van der Waals surface area contributed by atoms with E-state index < -0.39 is 5.92 Å². The second-order valence-electron chi connectivity index (χ2n) is 3.95. The minimum Gasteiger partial charge on any atom is -0.394 e. The fourth-order valence-corrected chi connectivity index (χ4v) is 1.46. The van der Waals surface area contributed by atoms with Gasteiger partial charge in [0, 0.05) is 7.05 Å². The summed E-state index contributed by atoms with van der Waals surface area (Å²) in [5.41, 5.74) is 0.678. The van der Waals surface area contributed by atoms with Crippen LogP contribution in [0.2, 0.25) is 0 Å². The molecule has 1 aromatic carbocycles. The third kappa shape index (κ3) is 3.05. The van der Waals surface area contributed by atoms with E-state index in [4.69, 9.17) is 10.4 Å². The first-order chi connectivity index (χ1) is 8.11. The van der Waals surface area contributed by atoms with Crippen molar-refractivity contribution in [1.29, 1.82) is 5.26 Å². The number of aliphatic hydroxyl groups excluding tert-OH is 1. The average molecular weight is 232 g/mol. The van der Waals surface area contributed by atoms with E-state index in [0.717, 1.165) is 0 Å². The lowest BCUT2D eigenvalue weighted by Crippen LogP contribution is -2.39. The number of nitriles is 1. The minimum absolute atomic E-state index is 0.116. The second-order valence-corrected chi connectivity index (χ2v) is 3.95. The molecule has 0 aliphatic heterocycles. The quantitative estimate of drug-likeness (QED) is 0.846. The topological polar surface area (TPSA) is 64.3 Å². The molecular formula is C13H16N2O2. The molecule has 90 valence electrons. The number of likely N-dealkylation sites (N-methyl/N-ethyl adjacent to an activating group) is 1. The van der Waals surface area contributed by atoms with Crippen LogP contribution in [0.15, 0.2) is 30.3 Å². The van der Waals surface area contributed by atoms with Crippen LogP contribution in [0.5, 0.6) is 0 Å². The van der Waals surface area contributed by atoms with Crippen LogP contribution in [0, 0.1) is 11.3 Å². The van der Waals surface area contributed by atoms with Crippen LogP contribution in [-0.4, -0.2) is 35.6 Å². The molecule has 0 spiro atoms. The molecule has 0 aliphatic rings. The number of rotatable bonds is 4. The van der Waals surface area contributed by atoms with Crippen molar-refractivity contribution in [3.63, 3.8) is 0 Å². The van der Waals surface area contributed by atoms with Crippen molar-refractivity contribution in [2.75, 3.05) is 13.7 Å². The molecule has 4 heteroatoms. The first kappa shape index (κ1) is 13.2. The maximum Gasteiger partial charge on any atom is 0.244 e. The zero-order valence-corrected chi connectivity index (χ0v) is 10.00. The molecule has 1 aromatic rings. The highest BCUT2D eigenvalue weighted by molar-refractivity contribution is 5.86. The molecule has 0 radical (unpaired) electrons. The number of nitrogens with zero attached hydrogens (tertiary/aromatic N) is 2. The number of aliphatic hydroxyl groups is 1. The Labute approximate surface area is 101 Å². The molecule has 1 N–H and O–H groups in total. The summed E-state index contributed by atoms with van der Waals surface area (Å²) in [7, 11) is 1.59. The third-order valence-electron chi connectivity index (χ3n) is 2.78. The van der Waals surface area contributed by atoms with Crippen LogP contribution >= 0.6 is 0 Å². The van der Waals surface area contributed by atoms with Gasteiger partial charge in [-0.05, 0) is 12.5 Å². The molecule has 17 heavy (non-hydrogen) atoms. The summed E-state index contributed by atoms with van der Waals surface area (Å²) in [4.78, 5) is 13.5. The summed E-state index contributed by atoms with van der Waals surface area (Å²) in [6.07, 6.45) is 0. The number of carbonyl (C=O) groups is 1. The number of hydrogen-bond donors (Lipinski definition) is 1. The second kappa shape index (κ2) is 6.02. The monoisotopic (exact) mass is 232 g/mol. The van der Waals surface area contributed by atoms with Crippen molar-refractivity contribution in [1.82, 2.24) is 4.90 Å². The molecule has 4 nitrogen and oxygen atoms in total. The molecular weight excluding hydrogens is 216 g/mol. The van der Waals surface area contributed by atoms with E-state index in [1.807, 2.05) is 12.1 Å². The predicted octanol–water partition coefficient (Wildman–Crippen LogP) is 1.13. The zero-order chi connectivity index (χ0) is 12.8. The van der Waals surface area contributed by atoms with Crippen LogP contribution in [0.4, 0.5) is 0 Å². The highest BCUT2D eigenvalue weighted by Crippen LogP contribution is 2.17. The van der Waals surface area contributed by atoms with E-state index in [-0.39, 0.29) is 18.6 Å². The van der Waals surface area contributed by atoms with E-state index in [1.165, 1.54) is 4.90 Å². The molecule has 0 saturated heterocycles. The lowest BCUT2D eigenvalue weighted by Gasteiger charge is -2.25. The average Bonchev–Trinajstić information content (AvgIpc) is 2.38. The number of hydrogen-bond acceptors (Lipinski definition) is 3. The summed E-state index contributed by atoms with van der Waals surface area (Å²) >= 11 is 0. The standard InChI is InChI=1S/C13H16N2O2/c1-10(9-16)15(2)13(17)12(8-14)11-6-4-3-5-7-11/h3-7,10,12,16H,9H2,1-2H3. The molecule has 0 bridgehead atoms. The van der Waals surface area contributed by atoms with Crippen molar-refractivity contribution in [3.8, 4) is 6.07 Å². The van der Waals surface area contributed by atoms with Gasteiger partial charge in [0.15, 0.2) is 0 Å². The third-order valence-corrected chi connectivity index (χ3v) is 2.78. The molecule has 0 fully saturated rings. The van der Waals surface area contributed by atoms with Gasteiger partial charge in [0.1, 0.15) is 5.92 Å². The zero-order valence-electron chi connectivity index (χ0n) is 10.00. The smallest absolute Gasteiger partial charge is 0.244 e. The maximum atomic E-state index is 12.1. The van der Waals surface area contributed by atoms with E-state index in [2.05, 4.69) is 0 Å². The fraction of sp³-hybridized carbons (Fsp3) is 0.385. The van der Waals surface area contributed by atoms with Gasteiger partial charge < -0.3 is 10.0 Å². The van der Waals surface area contributed by atoms with E-state index >= 15 is 0 Å². The Kier molecular flexibility index (Phi) is 4.68. The van der Waals surface area contributed by atoms with Gasteiger partial charge in [0.25, 0.3) is 0 Å². The summed E-state index contributed by atoms with van der Waals surface area (Å²) in [6.45, 7) is 1.62. The molecule has 1 amide bonds. The van der Waals surface area contributed by atoms with Crippen LogP contribution < -0.4 is 0 Å². The van der Waals surface area contributed by atoms with Crippen molar-refractivity contribution >= 4 is 5.91 Å². The Morgan fingerprint density at radius 2 is 2.06 bits per heavy atom. The van der Waals surface area contributed by atoms with Crippen molar-refractivity contribution in [2.24, 2.45) is 0 Å². The van der Waals surface area contributed by atoms with Crippen molar-refractivity contribution in [2.45, 2.75) is 18.9 Å². The van der Waals surface area contributed by atoms with Gasteiger partial charge in [-0.1, -0.05) is 30.3 Å². The highest BCUT2D eigenvalue weighted by Gasteiger charge is 2.25. The molecule has 2 atom stereocenters. The molecule has 0 heterocycles. The Balaban J connectivity index is 2.90. The summed E-state index contributed by atoms with van der Waals surface area (Å²) in [5.74, 6) is -1.10. The molecule has 1 rings (SSSR count). The number of carbonyl (C=O) groups excluding carboxylic acids is 1. The lowest BCUT2D eigenvalue weighted by molar-refractivity contribution is -0.132. The highest BCUT2D eigenvalue weighted by atomic mass is 16.3. The molecule has 0 aromatic heterocycles. The van der Waals surface area contributed by atoms with Crippen LogP contribution in [-0.2, 0) is 4.79 Å². The normalized spacial score (nSPS) is 13.5. The van der Waals surface area contributed by atoms with Gasteiger partial charge in [0.2, 0.25) is 5.91 Å². The van der Waals surface area contributed by atoms with Gasteiger partial charge in [-0.3, -0.25) is 4.79 Å². The lowest BCUT2D eigenvalue weighted by atomic mass is 9.99. The van der Waals surface area contributed by atoms with E-state index in [0.29, 0.717) is 5.56 Å². The van der Waals surface area contributed by atoms with E-state index in [9.17, 15) is 4.79 Å².